The molecule has 1 saturated carbocycles. The number of rotatable bonds is 6. The van der Waals surface area contributed by atoms with Gasteiger partial charge < -0.3 is 10.2 Å². The summed E-state index contributed by atoms with van der Waals surface area (Å²) >= 11 is 5.27. The number of hydrogen-bond donors (Lipinski definition) is 1. The van der Waals surface area contributed by atoms with Gasteiger partial charge in [0.2, 0.25) is 0 Å². The molecular formula is C16H20BrN3S. The lowest BCUT2D eigenvalue weighted by molar-refractivity contribution is 0.683. The molecule has 0 spiro atoms. The Bertz CT molecular complexity index is 622. The Labute approximate surface area is 138 Å². The highest BCUT2D eigenvalue weighted by molar-refractivity contribution is 9.11. The Hall–Kier alpha value is -0.910. The number of hydrogen-bond acceptors (Lipinski definition) is 4. The first-order valence-electron chi connectivity index (χ1n) is 7.25. The van der Waals surface area contributed by atoms with Crippen LogP contribution in [0.2, 0.25) is 0 Å². The van der Waals surface area contributed by atoms with Crippen molar-refractivity contribution in [3.05, 3.63) is 44.3 Å². The van der Waals surface area contributed by atoms with E-state index >= 15 is 0 Å². The zero-order valence-electron chi connectivity index (χ0n) is 12.4. The third kappa shape index (κ3) is 4.05. The van der Waals surface area contributed by atoms with E-state index < -0.39 is 0 Å². The number of aryl methyl sites for hydroxylation is 1. The topological polar surface area (TPSA) is 28.2 Å². The van der Waals surface area contributed by atoms with E-state index in [9.17, 15) is 0 Å². The van der Waals surface area contributed by atoms with Crippen LogP contribution in [0.15, 0.2) is 27.5 Å². The van der Waals surface area contributed by atoms with Crippen LogP contribution < -0.4 is 10.2 Å². The second-order valence-electron chi connectivity index (χ2n) is 5.72. The van der Waals surface area contributed by atoms with Gasteiger partial charge in [-0.15, -0.1) is 11.3 Å². The van der Waals surface area contributed by atoms with Gasteiger partial charge in [-0.2, -0.15) is 0 Å². The van der Waals surface area contributed by atoms with Gasteiger partial charge in [-0.3, -0.25) is 4.98 Å². The van der Waals surface area contributed by atoms with Crippen LogP contribution in [0, 0.1) is 6.92 Å². The number of pyridine rings is 1. The number of nitrogens with zero attached hydrogens (tertiary/aromatic N) is 2. The van der Waals surface area contributed by atoms with Gasteiger partial charge in [0.05, 0.1) is 3.79 Å². The maximum absolute atomic E-state index is 4.46. The molecule has 21 heavy (non-hydrogen) atoms. The van der Waals surface area contributed by atoms with Crippen LogP contribution in [0.4, 0.5) is 5.69 Å². The summed E-state index contributed by atoms with van der Waals surface area (Å²) in [7, 11) is 2.15. The SMILES string of the molecule is Cc1cc(N(C)Cc2csc(Br)c2)c(CNC2CC2)cn1. The third-order valence-electron chi connectivity index (χ3n) is 3.71. The zero-order chi connectivity index (χ0) is 14.8. The summed E-state index contributed by atoms with van der Waals surface area (Å²) in [6.07, 6.45) is 4.64. The van der Waals surface area contributed by atoms with E-state index in [0.29, 0.717) is 0 Å². The van der Waals surface area contributed by atoms with E-state index in [1.54, 1.807) is 11.3 Å². The number of aromatic nitrogens is 1. The maximum Gasteiger partial charge on any atom is 0.0701 e. The molecule has 0 bridgehead atoms. The van der Waals surface area contributed by atoms with E-state index in [4.69, 9.17) is 0 Å². The highest BCUT2D eigenvalue weighted by atomic mass is 79.9. The van der Waals surface area contributed by atoms with Crippen molar-refractivity contribution in [3.63, 3.8) is 0 Å². The molecule has 3 rings (SSSR count). The molecule has 0 saturated heterocycles. The van der Waals surface area contributed by atoms with E-state index in [2.05, 4.69) is 62.6 Å². The molecule has 2 aromatic heterocycles. The van der Waals surface area contributed by atoms with Gasteiger partial charge >= 0.3 is 0 Å². The molecule has 1 N–H and O–H groups in total. The molecule has 1 aliphatic carbocycles. The summed E-state index contributed by atoms with van der Waals surface area (Å²) in [4.78, 5) is 6.77. The van der Waals surface area contributed by atoms with Crippen molar-refractivity contribution in [1.82, 2.24) is 10.3 Å². The second-order valence-corrected chi connectivity index (χ2v) is 8.02. The fourth-order valence-electron chi connectivity index (χ4n) is 2.39. The van der Waals surface area contributed by atoms with Crippen LogP contribution in [-0.2, 0) is 13.1 Å². The summed E-state index contributed by atoms with van der Waals surface area (Å²) in [5.41, 5.74) is 4.96. The minimum Gasteiger partial charge on any atom is -0.370 e. The first-order valence-corrected chi connectivity index (χ1v) is 8.92. The Morgan fingerprint density at radius 1 is 1.43 bits per heavy atom. The van der Waals surface area contributed by atoms with Crippen molar-refractivity contribution in [2.75, 3.05) is 11.9 Å². The van der Waals surface area contributed by atoms with Crippen LogP contribution in [0.3, 0.4) is 0 Å². The van der Waals surface area contributed by atoms with E-state index in [1.165, 1.54) is 33.4 Å². The van der Waals surface area contributed by atoms with Crippen molar-refractivity contribution in [2.45, 2.75) is 38.9 Å². The van der Waals surface area contributed by atoms with Crippen molar-refractivity contribution in [1.29, 1.82) is 0 Å². The molecule has 1 fully saturated rings. The van der Waals surface area contributed by atoms with Crippen molar-refractivity contribution in [3.8, 4) is 0 Å². The monoisotopic (exact) mass is 365 g/mol. The molecule has 0 aliphatic heterocycles. The van der Waals surface area contributed by atoms with Gasteiger partial charge in [0.15, 0.2) is 0 Å². The fourth-order valence-corrected chi connectivity index (χ4v) is 3.60. The van der Waals surface area contributed by atoms with Crippen LogP contribution >= 0.6 is 27.3 Å². The highest BCUT2D eigenvalue weighted by Crippen LogP contribution is 2.26. The van der Waals surface area contributed by atoms with Gasteiger partial charge in [-0.05, 0) is 58.8 Å². The number of thiophene rings is 1. The molecule has 3 nitrogen and oxygen atoms in total. The average Bonchev–Trinajstić information content (AvgIpc) is 3.20. The smallest absolute Gasteiger partial charge is 0.0701 e. The lowest BCUT2D eigenvalue weighted by atomic mass is 10.1. The average molecular weight is 366 g/mol. The van der Waals surface area contributed by atoms with E-state index in [0.717, 1.165) is 24.8 Å². The lowest BCUT2D eigenvalue weighted by Crippen LogP contribution is -2.22. The molecule has 0 atom stereocenters. The molecular weight excluding hydrogens is 346 g/mol. The van der Waals surface area contributed by atoms with Crippen LogP contribution in [0.25, 0.3) is 0 Å². The largest absolute Gasteiger partial charge is 0.370 e. The first-order chi connectivity index (χ1) is 10.1. The normalized spacial score (nSPS) is 14.4. The standard InChI is InChI=1S/C16H20BrN3S/c1-11-5-15(13(7-18-11)8-19-14-3-4-14)20(2)9-12-6-16(17)21-10-12/h5-7,10,14,19H,3-4,8-9H2,1-2H3. The Morgan fingerprint density at radius 2 is 2.24 bits per heavy atom. The summed E-state index contributed by atoms with van der Waals surface area (Å²) in [6, 6.07) is 5.10. The zero-order valence-corrected chi connectivity index (χ0v) is 14.8. The highest BCUT2D eigenvalue weighted by Gasteiger charge is 2.21. The number of anilines is 1. The van der Waals surface area contributed by atoms with Gasteiger partial charge in [0, 0.05) is 49.3 Å². The molecule has 2 heterocycles. The van der Waals surface area contributed by atoms with Crippen molar-refractivity contribution in [2.24, 2.45) is 0 Å². The fraction of sp³-hybridized carbons (Fsp3) is 0.438. The molecule has 0 radical (unpaired) electrons. The van der Waals surface area contributed by atoms with Gasteiger partial charge in [-0.25, -0.2) is 0 Å². The van der Waals surface area contributed by atoms with Crippen molar-refractivity contribution >= 4 is 33.0 Å². The maximum atomic E-state index is 4.46. The number of nitrogens with one attached hydrogen (secondary N) is 1. The molecule has 112 valence electrons. The minimum atomic E-state index is 0.720. The molecule has 0 aromatic carbocycles. The molecule has 0 amide bonds. The second kappa shape index (κ2) is 6.46. The molecule has 0 unspecified atom stereocenters. The predicted molar refractivity (Wildman–Crippen MR) is 93.0 cm³/mol. The Kier molecular flexibility index (Phi) is 4.62. The third-order valence-corrected chi connectivity index (χ3v) is 5.26. The van der Waals surface area contributed by atoms with Gasteiger partial charge in [0.25, 0.3) is 0 Å². The molecule has 2 aromatic rings. The molecule has 1 aliphatic rings. The predicted octanol–water partition coefficient (Wildman–Crippen LogP) is 4.10. The quantitative estimate of drug-likeness (QED) is 0.834. The van der Waals surface area contributed by atoms with Gasteiger partial charge in [0.1, 0.15) is 0 Å². The van der Waals surface area contributed by atoms with Crippen molar-refractivity contribution < 1.29 is 0 Å². The first kappa shape index (κ1) is 15.0. The van der Waals surface area contributed by atoms with E-state index in [-0.39, 0.29) is 0 Å². The summed E-state index contributed by atoms with van der Waals surface area (Å²) in [5, 5.41) is 5.79. The Morgan fingerprint density at radius 3 is 2.90 bits per heavy atom. The van der Waals surface area contributed by atoms with Gasteiger partial charge in [-0.1, -0.05) is 0 Å². The summed E-state index contributed by atoms with van der Waals surface area (Å²) in [5.74, 6) is 0. The lowest BCUT2D eigenvalue weighted by Gasteiger charge is -2.22. The van der Waals surface area contributed by atoms with E-state index in [1.807, 2.05) is 6.20 Å². The van der Waals surface area contributed by atoms with Crippen LogP contribution in [0.1, 0.15) is 29.7 Å². The van der Waals surface area contributed by atoms with Crippen LogP contribution in [-0.4, -0.2) is 18.1 Å². The molecule has 5 heteroatoms. The Balaban J connectivity index is 1.75. The summed E-state index contributed by atoms with van der Waals surface area (Å²) in [6.45, 7) is 3.88. The summed E-state index contributed by atoms with van der Waals surface area (Å²) < 4.78 is 1.19. The number of halogens is 1. The minimum absolute atomic E-state index is 0.720. The van der Waals surface area contributed by atoms with Crippen LogP contribution in [0.5, 0.6) is 0 Å².